The quantitative estimate of drug-likeness (QED) is 0.779. The summed E-state index contributed by atoms with van der Waals surface area (Å²) in [4.78, 5) is 4.17. The van der Waals surface area contributed by atoms with Gasteiger partial charge in [0, 0.05) is 29.6 Å². The molecule has 4 nitrogen and oxygen atoms in total. The van der Waals surface area contributed by atoms with Crippen LogP contribution in [0.4, 0.5) is 0 Å². The first-order valence-corrected chi connectivity index (χ1v) is 6.23. The number of hydrogen-bond acceptors (Lipinski definition) is 5. The standard InChI is InChI=1S/C12H14N2O2S/c1-8(13-5-9-6-17-7-14-9)11-3-2-10(15)4-12(11)16/h2-4,6-8,13,15-16H,5H2,1H3. The maximum atomic E-state index is 9.71. The van der Waals surface area contributed by atoms with Gasteiger partial charge in [0.2, 0.25) is 0 Å². The van der Waals surface area contributed by atoms with Crippen LogP contribution in [0.15, 0.2) is 29.1 Å². The van der Waals surface area contributed by atoms with E-state index >= 15 is 0 Å². The van der Waals surface area contributed by atoms with Gasteiger partial charge in [-0.2, -0.15) is 0 Å². The van der Waals surface area contributed by atoms with Gasteiger partial charge in [0.15, 0.2) is 0 Å². The van der Waals surface area contributed by atoms with Crippen molar-refractivity contribution >= 4 is 11.3 Å². The minimum atomic E-state index is -0.00250. The summed E-state index contributed by atoms with van der Waals surface area (Å²) in [5, 5.41) is 24.2. The number of aromatic nitrogens is 1. The molecule has 17 heavy (non-hydrogen) atoms. The Kier molecular flexibility index (Phi) is 3.61. The van der Waals surface area contributed by atoms with Gasteiger partial charge in [0.05, 0.1) is 11.2 Å². The summed E-state index contributed by atoms with van der Waals surface area (Å²) >= 11 is 1.56. The van der Waals surface area contributed by atoms with Gasteiger partial charge in [-0.05, 0) is 13.0 Å². The van der Waals surface area contributed by atoms with Crippen LogP contribution in [-0.4, -0.2) is 15.2 Å². The van der Waals surface area contributed by atoms with Crippen LogP contribution in [0.25, 0.3) is 0 Å². The van der Waals surface area contributed by atoms with Crippen molar-refractivity contribution in [1.29, 1.82) is 0 Å². The second-order valence-corrected chi connectivity index (χ2v) is 4.54. The Morgan fingerprint density at radius 3 is 2.88 bits per heavy atom. The largest absolute Gasteiger partial charge is 0.508 e. The third-order valence-corrected chi connectivity index (χ3v) is 3.19. The normalized spacial score (nSPS) is 12.5. The molecule has 0 saturated carbocycles. The van der Waals surface area contributed by atoms with Gasteiger partial charge in [0.25, 0.3) is 0 Å². The lowest BCUT2D eigenvalue weighted by atomic mass is 10.1. The van der Waals surface area contributed by atoms with E-state index in [-0.39, 0.29) is 17.5 Å². The molecular formula is C12H14N2O2S. The van der Waals surface area contributed by atoms with E-state index in [1.165, 1.54) is 6.07 Å². The highest BCUT2D eigenvalue weighted by Gasteiger charge is 2.10. The summed E-state index contributed by atoms with van der Waals surface area (Å²) in [6.07, 6.45) is 0. The minimum absolute atomic E-state index is 0.00250. The Morgan fingerprint density at radius 1 is 1.41 bits per heavy atom. The lowest BCUT2D eigenvalue weighted by molar-refractivity contribution is 0.435. The van der Waals surface area contributed by atoms with Gasteiger partial charge in [0.1, 0.15) is 11.5 Å². The molecule has 1 aromatic carbocycles. The van der Waals surface area contributed by atoms with Crippen LogP contribution < -0.4 is 5.32 Å². The number of aromatic hydroxyl groups is 2. The van der Waals surface area contributed by atoms with Crippen molar-refractivity contribution in [1.82, 2.24) is 10.3 Å². The van der Waals surface area contributed by atoms with E-state index in [0.717, 1.165) is 11.3 Å². The molecule has 1 heterocycles. The average Bonchev–Trinajstić information content (AvgIpc) is 2.78. The van der Waals surface area contributed by atoms with E-state index in [0.29, 0.717) is 6.54 Å². The van der Waals surface area contributed by atoms with Crippen LogP contribution >= 0.6 is 11.3 Å². The van der Waals surface area contributed by atoms with Crippen LogP contribution in [-0.2, 0) is 6.54 Å². The number of phenols is 2. The van der Waals surface area contributed by atoms with Gasteiger partial charge < -0.3 is 15.5 Å². The van der Waals surface area contributed by atoms with Crippen molar-refractivity contribution in [3.8, 4) is 11.5 Å². The number of nitrogens with one attached hydrogen (secondary N) is 1. The highest BCUT2D eigenvalue weighted by atomic mass is 32.1. The molecule has 90 valence electrons. The summed E-state index contributed by atoms with van der Waals surface area (Å²) < 4.78 is 0. The Bertz CT molecular complexity index is 485. The zero-order valence-electron chi connectivity index (χ0n) is 9.42. The van der Waals surface area contributed by atoms with Gasteiger partial charge >= 0.3 is 0 Å². The molecule has 0 bridgehead atoms. The topological polar surface area (TPSA) is 65.4 Å². The fourth-order valence-electron chi connectivity index (χ4n) is 1.59. The first-order chi connectivity index (χ1) is 8.16. The molecule has 0 aliphatic rings. The summed E-state index contributed by atoms with van der Waals surface area (Å²) in [6.45, 7) is 2.61. The Labute approximate surface area is 104 Å². The monoisotopic (exact) mass is 250 g/mol. The van der Waals surface area contributed by atoms with Crippen LogP contribution in [0.3, 0.4) is 0 Å². The molecule has 3 N–H and O–H groups in total. The third kappa shape index (κ3) is 2.95. The average molecular weight is 250 g/mol. The highest BCUT2D eigenvalue weighted by molar-refractivity contribution is 7.07. The maximum absolute atomic E-state index is 9.71. The first-order valence-electron chi connectivity index (χ1n) is 5.29. The van der Waals surface area contributed by atoms with E-state index in [1.807, 2.05) is 12.3 Å². The summed E-state index contributed by atoms with van der Waals surface area (Å²) in [6, 6.07) is 4.62. The number of thiazole rings is 1. The van der Waals surface area contributed by atoms with Crippen LogP contribution in [0.2, 0.25) is 0 Å². The van der Waals surface area contributed by atoms with Crippen molar-refractivity contribution < 1.29 is 10.2 Å². The zero-order chi connectivity index (χ0) is 12.3. The maximum Gasteiger partial charge on any atom is 0.124 e. The van der Waals surface area contributed by atoms with Crippen LogP contribution in [0.1, 0.15) is 24.2 Å². The second-order valence-electron chi connectivity index (χ2n) is 3.83. The molecule has 0 aliphatic heterocycles. The van der Waals surface area contributed by atoms with Crippen LogP contribution in [0, 0.1) is 0 Å². The van der Waals surface area contributed by atoms with Crippen LogP contribution in [0.5, 0.6) is 11.5 Å². The predicted molar refractivity (Wildman–Crippen MR) is 67.1 cm³/mol. The highest BCUT2D eigenvalue weighted by Crippen LogP contribution is 2.27. The number of hydrogen-bond donors (Lipinski definition) is 3. The smallest absolute Gasteiger partial charge is 0.124 e. The second kappa shape index (κ2) is 5.16. The third-order valence-electron chi connectivity index (χ3n) is 2.55. The van der Waals surface area contributed by atoms with Crippen molar-refractivity contribution in [3.63, 3.8) is 0 Å². The SMILES string of the molecule is CC(NCc1cscn1)c1ccc(O)cc1O. The number of benzene rings is 1. The molecule has 2 aromatic rings. The van der Waals surface area contributed by atoms with Gasteiger partial charge in [-0.25, -0.2) is 4.98 Å². The number of phenolic OH excluding ortho intramolecular Hbond substituents is 2. The molecular weight excluding hydrogens is 236 g/mol. The fraction of sp³-hybridized carbons (Fsp3) is 0.250. The summed E-state index contributed by atoms with van der Waals surface area (Å²) in [5.74, 6) is 0.168. The number of rotatable bonds is 4. The molecule has 1 atom stereocenters. The van der Waals surface area contributed by atoms with Gasteiger partial charge in [-0.1, -0.05) is 6.07 Å². The van der Waals surface area contributed by atoms with Crippen molar-refractivity contribution in [2.24, 2.45) is 0 Å². The lowest BCUT2D eigenvalue weighted by Gasteiger charge is -2.15. The lowest BCUT2D eigenvalue weighted by Crippen LogP contribution is -2.18. The molecule has 2 rings (SSSR count). The zero-order valence-corrected chi connectivity index (χ0v) is 10.2. The molecule has 0 spiro atoms. The van der Waals surface area contributed by atoms with Crippen molar-refractivity contribution in [3.05, 3.63) is 40.3 Å². The molecule has 0 amide bonds. The molecule has 0 radical (unpaired) electrons. The Hall–Kier alpha value is -1.59. The van der Waals surface area contributed by atoms with E-state index in [2.05, 4.69) is 10.3 Å². The van der Waals surface area contributed by atoms with E-state index in [4.69, 9.17) is 0 Å². The Balaban J connectivity index is 2.01. The van der Waals surface area contributed by atoms with E-state index < -0.39 is 0 Å². The Morgan fingerprint density at radius 2 is 2.24 bits per heavy atom. The number of nitrogens with zero attached hydrogens (tertiary/aromatic N) is 1. The summed E-state index contributed by atoms with van der Waals surface area (Å²) in [7, 11) is 0. The van der Waals surface area contributed by atoms with Gasteiger partial charge in [-0.15, -0.1) is 11.3 Å². The van der Waals surface area contributed by atoms with E-state index in [9.17, 15) is 10.2 Å². The molecule has 1 aromatic heterocycles. The molecule has 0 saturated heterocycles. The fourth-order valence-corrected chi connectivity index (χ4v) is 2.15. The molecule has 5 heteroatoms. The first kappa shape index (κ1) is 11.9. The van der Waals surface area contributed by atoms with E-state index in [1.54, 1.807) is 29.0 Å². The molecule has 1 unspecified atom stereocenters. The minimum Gasteiger partial charge on any atom is -0.508 e. The summed E-state index contributed by atoms with van der Waals surface area (Å²) in [5.41, 5.74) is 3.54. The molecule has 0 aliphatic carbocycles. The van der Waals surface area contributed by atoms with Gasteiger partial charge in [-0.3, -0.25) is 0 Å². The van der Waals surface area contributed by atoms with Crippen molar-refractivity contribution in [2.45, 2.75) is 19.5 Å². The molecule has 0 fully saturated rings. The predicted octanol–water partition coefficient (Wildman–Crippen LogP) is 2.41. The van der Waals surface area contributed by atoms with Crippen molar-refractivity contribution in [2.75, 3.05) is 0 Å².